The Bertz CT molecular complexity index is 946. The third-order valence-electron chi connectivity index (χ3n) is 3.23. The molecule has 2 aromatic heterocycles. The van der Waals surface area contributed by atoms with Crippen LogP contribution in [0.5, 0.6) is 11.5 Å². The first-order chi connectivity index (χ1) is 12.4. The highest BCUT2D eigenvalue weighted by molar-refractivity contribution is 6.05. The van der Waals surface area contributed by atoms with Crippen molar-refractivity contribution in [2.24, 2.45) is 0 Å². The van der Waals surface area contributed by atoms with Gasteiger partial charge in [0.15, 0.2) is 11.6 Å². The molecule has 0 spiro atoms. The van der Waals surface area contributed by atoms with Crippen molar-refractivity contribution in [1.82, 2.24) is 15.2 Å². The molecule has 26 heavy (non-hydrogen) atoms. The second-order valence-electron chi connectivity index (χ2n) is 4.97. The molecule has 3 rings (SSSR count). The number of nitrogens with one attached hydrogen (secondary N) is 1. The normalized spacial score (nSPS) is 12.2. The van der Waals surface area contributed by atoms with Crippen molar-refractivity contribution in [2.45, 2.75) is 6.18 Å². The van der Waals surface area contributed by atoms with Crippen molar-refractivity contribution >= 4 is 11.5 Å². The number of aliphatic hydroxyl groups excluding tert-OH is 1. The SMILES string of the molecule is O=C(C=C(O)c1cocc1Oc1ccccc1C(F)(F)F)c1ncn[nH]1. The van der Waals surface area contributed by atoms with E-state index in [1.807, 2.05) is 0 Å². The van der Waals surface area contributed by atoms with E-state index in [1.54, 1.807) is 0 Å². The average molecular weight is 365 g/mol. The van der Waals surface area contributed by atoms with Crippen LogP contribution in [-0.2, 0) is 6.18 Å². The first-order valence-corrected chi connectivity index (χ1v) is 7.07. The molecule has 0 aliphatic rings. The summed E-state index contributed by atoms with van der Waals surface area (Å²) in [5.74, 6) is -2.05. The molecule has 2 N–H and O–H groups in total. The summed E-state index contributed by atoms with van der Waals surface area (Å²) in [5, 5.41) is 15.9. The van der Waals surface area contributed by atoms with Crippen LogP contribution >= 0.6 is 0 Å². The number of para-hydroxylation sites is 1. The minimum absolute atomic E-state index is 0.102. The van der Waals surface area contributed by atoms with Gasteiger partial charge in [-0.2, -0.15) is 18.3 Å². The maximum absolute atomic E-state index is 13.0. The van der Waals surface area contributed by atoms with Crippen LogP contribution in [-0.4, -0.2) is 26.1 Å². The summed E-state index contributed by atoms with van der Waals surface area (Å²) in [6.45, 7) is 0. The zero-order chi connectivity index (χ0) is 18.7. The van der Waals surface area contributed by atoms with Gasteiger partial charge in [-0.25, -0.2) is 4.98 Å². The Hall–Kier alpha value is -3.56. The Kier molecular flexibility index (Phi) is 4.48. The number of carbonyl (C=O) groups is 1. The van der Waals surface area contributed by atoms with Gasteiger partial charge >= 0.3 is 6.18 Å². The predicted octanol–water partition coefficient (Wildman–Crippen LogP) is 3.99. The van der Waals surface area contributed by atoms with Crippen molar-refractivity contribution < 1.29 is 32.2 Å². The summed E-state index contributed by atoms with van der Waals surface area (Å²) >= 11 is 0. The van der Waals surface area contributed by atoms with Crippen molar-refractivity contribution in [3.05, 3.63) is 66.1 Å². The molecule has 0 fully saturated rings. The Labute approximate surface area is 143 Å². The van der Waals surface area contributed by atoms with E-state index in [0.717, 1.165) is 37.1 Å². The average Bonchev–Trinajstić information content (AvgIpc) is 3.26. The van der Waals surface area contributed by atoms with Gasteiger partial charge < -0.3 is 14.3 Å². The molecule has 0 unspecified atom stereocenters. The Morgan fingerprint density at radius 3 is 2.69 bits per heavy atom. The molecular weight excluding hydrogens is 355 g/mol. The standard InChI is InChI=1S/C16H10F3N3O4/c17-16(18,19)10-3-1-2-4-13(10)26-14-7-25-6-9(14)11(23)5-12(24)15-20-8-21-22-15/h1-8,23H,(H,20,21,22). The number of allylic oxidation sites excluding steroid dienone is 1. The molecule has 0 saturated heterocycles. The van der Waals surface area contributed by atoms with Gasteiger partial charge in [0.05, 0.1) is 11.1 Å². The number of aromatic nitrogens is 3. The number of benzene rings is 1. The first-order valence-electron chi connectivity index (χ1n) is 7.07. The maximum Gasteiger partial charge on any atom is 0.419 e. The molecule has 1 aromatic carbocycles. The molecule has 0 radical (unpaired) electrons. The smallest absolute Gasteiger partial charge is 0.419 e. The number of nitrogens with zero attached hydrogens (tertiary/aromatic N) is 2. The number of halogens is 3. The van der Waals surface area contributed by atoms with E-state index in [9.17, 15) is 23.1 Å². The van der Waals surface area contributed by atoms with Crippen LogP contribution in [0.15, 0.2) is 53.6 Å². The highest BCUT2D eigenvalue weighted by Gasteiger charge is 2.34. The minimum Gasteiger partial charge on any atom is -0.507 e. The van der Waals surface area contributed by atoms with E-state index >= 15 is 0 Å². The van der Waals surface area contributed by atoms with E-state index < -0.39 is 29.0 Å². The fourth-order valence-corrected chi connectivity index (χ4v) is 2.05. The van der Waals surface area contributed by atoms with Gasteiger partial charge in [0.25, 0.3) is 0 Å². The number of rotatable bonds is 5. The number of hydrogen-bond donors (Lipinski definition) is 2. The Balaban J connectivity index is 1.89. The lowest BCUT2D eigenvalue weighted by molar-refractivity contribution is -0.138. The lowest BCUT2D eigenvalue weighted by Gasteiger charge is -2.13. The highest BCUT2D eigenvalue weighted by Crippen LogP contribution is 2.39. The van der Waals surface area contributed by atoms with Gasteiger partial charge in [0, 0.05) is 6.08 Å². The minimum atomic E-state index is -4.62. The van der Waals surface area contributed by atoms with Gasteiger partial charge in [-0.15, -0.1) is 0 Å². The van der Waals surface area contributed by atoms with Crippen molar-refractivity contribution in [3.8, 4) is 11.5 Å². The number of alkyl halides is 3. The third kappa shape index (κ3) is 3.58. The van der Waals surface area contributed by atoms with E-state index in [0.29, 0.717) is 0 Å². The Morgan fingerprint density at radius 1 is 1.23 bits per heavy atom. The van der Waals surface area contributed by atoms with E-state index in [-0.39, 0.29) is 17.1 Å². The summed E-state index contributed by atoms with van der Waals surface area (Å²) < 4.78 is 49.2. The zero-order valence-corrected chi connectivity index (χ0v) is 12.8. The molecule has 2 heterocycles. The van der Waals surface area contributed by atoms with Gasteiger partial charge in [0.2, 0.25) is 5.78 Å². The molecular formula is C16H10F3N3O4. The summed E-state index contributed by atoms with van der Waals surface area (Å²) in [6.07, 6.45) is -0.663. The number of ketones is 1. The van der Waals surface area contributed by atoms with E-state index in [4.69, 9.17) is 9.15 Å². The third-order valence-corrected chi connectivity index (χ3v) is 3.23. The number of ether oxygens (including phenoxy) is 1. The van der Waals surface area contributed by atoms with Crippen molar-refractivity contribution in [1.29, 1.82) is 0 Å². The molecule has 134 valence electrons. The molecule has 0 amide bonds. The second-order valence-corrected chi connectivity index (χ2v) is 4.97. The molecule has 0 aliphatic heterocycles. The van der Waals surface area contributed by atoms with Crippen molar-refractivity contribution in [3.63, 3.8) is 0 Å². The monoisotopic (exact) mass is 365 g/mol. The van der Waals surface area contributed by atoms with Crippen LogP contribution in [0, 0.1) is 0 Å². The van der Waals surface area contributed by atoms with E-state index in [2.05, 4.69) is 15.2 Å². The predicted molar refractivity (Wildman–Crippen MR) is 81.5 cm³/mol. The van der Waals surface area contributed by atoms with Crippen LogP contribution in [0.1, 0.15) is 21.7 Å². The molecule has 0 bridgehead atoms. The molecule has 0 atom stereocenters. The summed E-state index contributed by atoms with van der Waals surface area (Å²) in [5.41, 5.74) is -1.09. The fraction of sp³-hybridized carbons (Fsp3) is 0.0625. The van der Waals surface area contributed by atoms with Gasteiger partial charge in [0.1, 0.15) is 30.4 Å². The van der Waals surface area contributed by atoms with E-state index in [1.165, 1.54) is 12.1 Å². The molecule has 10 heteroatoms. The summed E-state index contributed by atoms with van der Waals surface area (Å²) in [6, 6.07) is 4.57. The highest BCUT2D eigenvalue weighted by atomic mass is 19.4. The number of aliphatic hydroxyl groups is 1. The number of carbonyl (C=O) groups excluding carboxylic acids is 1. The molecule has 0 saturated carbocycles. The van der Waals surface area contributed by atoms with Gasteiger partial charge in [-0.05, 0) is 12.1 Å². The maximum atomic E-state index is 13.0. The van der Waals surface area contributed by atoms with Crippen LogP contribution in [0.3, 0.4) is 0 Å². The topological polar surface area (TPSA) is 101 Å². The van der Waals surface area contributed by atoms with Crippen LogP contribution in [0.25, 0.3) is 5.76 Å². The second kappa shape index (κ2) is 6.75. The number of furan rings is 1. The van der Waals surface area contributed by atoms with Crippen molar-refractivity contribution in [2.75, 3.05) is 0 Å². The van der Waals surface area contributed by atoms with Gasteiger partial charge in [-0.1, -0.05) is 12.1 Å². The summed E-state index contributed by atoms with van der Waals surface area (Å²) in [7, 11) is 0. The lowest BCUT2D eigenvalue weighted by atomic mass is 10.2. The van der Waals surface area contributed by atoms with Gasteiger partial charge in [-0.3, -0.25) is 9.89 Å². The number of H-pyrrole nitrogens is 1. The zero-order valence-electron chi connectivity index (χ0n) is 12.8. The number of aromatic amines is 1. The van der Waals surface area contributed by atoms with Crippen LogP contribution in [0.2, 0.25) is 0 Å². The molecule has 0 aliphatic carbocycles. The quantitative estimate of drug-likeness (QED) is 0.403. The first kappa shape index (κ1) is 17.3. The number of hydrogen-bond acceptors (Lipinski definition) is 6. The lowest BCUT2D eigenvalue weighted by Crippen LogP contribution is -2.07. The molecule has 7 nitrogen and oxygen atoms in total. The molecule has 3 aromatic rings. The summed E-state index contributed by atoms with van der Waals surface area (Å²) in [4.78, 5) is 15.5. The fourth-order valence-electron chi connectivity index (χ4n) is 2.05. The van der Waals surface area contributed by atoms with Crippen LogP contribution < -0.4 is 4.74 Å². The van der Waals surface area contributed by atoms with Crippen LogP contribution in [0.4, 0.5) is 13.2 Å². The Morgan fingerprint density at radius 2 is 2.00 bits per heavy atom. The largest absolute Gasteiger partial charge is 0.507 e.